The molecule has 0 saturated carbocycles. The van der Waals surface area contributed by atoms with Crippen LogP contribution in [0, 0.1) is 5.92 Å². The molecule has 1 amide bonds. The van der Waals surface area contributed by atoms with E-state index >= 15 is 0 Å². The average Bonchev–Trinajstić information content (AvgIpc) is 2.92. The van der Waals surface area contributed by atoms with Gasteiger partial charge in [-0.05, 0) is 18.1 Å². The molecule has 0 aliphatic rings. The number of nitrogens with zero attached hydrogens (tertiary/aromatic N) is 2. The van der Waals surface area contributed by atoms with E-state index in [1.807, 2.05) is 6.07 Å². The molecule has 0 radical (unpaired) electrons. The van der Waals surface area contributed by atoms with E-state index in [2.05, 4.69) is 24.1 Å². The number of carbonyl (C=O) groups excluding carboxylic acids is 1. The molecule has 0 aliphatic carbocycles. The Morgan fingerprint density at radius 1 is 1.27 bits per heavy atom. The van der Waals surface area contributed by atoms with Crippen molar-refractivity contribution in [3.8, 4) is 11.3 Å². The summed E-state index contributed by atoms with van der Waals surface area (Å²) < 4.78 is 0. The molecule has 26 heavy (non-hydrogen) atoms. The molecule has 0 atom stereocenters. The summed E-state index contributed by atoms with van der Waals surface area (Å²) in [6, 6.07) is 5.31. The molecular formula is C18H18Cl2N4OS. The minimum Gasteiger partial charge on any atom is -0.397 e. The van der Waals surface area contributed by atoms with Crippen LogP contribution in [0.15, 0.2) is 18.2 Å². The highest BCUT2D eigenvalue weighted by Crippen LogP contribution is 2.39. The summed E-state index contributed by atoms with van der Waals surface area (Å²) in [5.74, 6) is 0.860. The molecule has 136 valence electrons. The number of thiophene rings is 1. The van der Waals surface area contributed by atoms with Crippen LogP contribution in [0.2, 0.25) is 10.0 Å². The molecule has 5 nitrogen and oxygen atoms in total. The number of rotatable bonds is 4. The summed E-state index contributed by atoms with van der Waals surface area (Å²) in [6.07, 6.45) is 0.720. The van der Waals surface area contributed by atoms with E-state index in [4.69, 9.17) is 33.9 Å². The number of aromatic nitrogens is 2. The molecule has 3 rings (SSSR count). The van der Waals surface area contributed by atoms with Crippen LogP contribution in [0.4, 0.5) is 5.69 Å². The third-order valence-corrected chi connectivity index (χ3v) is 5.69. The highest BCUT2D eigenvalue weighted by atomic mass is 35.5. The molecule has 0 unspecified atom stereocenters. The van der Waals surface area contributed by atoms with E-state index in [0.717, 1.165) is 12.0 Å². The first-order chi connectivity index (χ1) is 12.3. The van der Waals surface area contributed by atoms with Gasteiger partial charge in [-0.1, -0.05) is 43.1 Å². The highest BCUT2D eigenvalue weighted by Gasteiger charge is 2.22. The molecule has 0 spiro atoms. The van der Waals surface area contributed by atoms with Crippen LogP contribution in [0.3, 0.4) is 0 Å². The number of nitrogens with one attached hydrogen (secondary N) is 1. The van der Waals surface area contributed by atoms with E-state index in [9.17, 15) is 4.79 Å². The molecule has 1 aromatic carbocycles. The third-order valence-electron chi connectivity index (χ3n) is 3.85. The standard InChI is InChI=1S/C18H18Cl2N4OS/c1-8(2)6-12-23-15(9-4-5-10(19)11(20)7-9)13-14(21)16(17(25)22-3)26-18(13)24-12/h4-5,7-8H,6,21H2,1-3H3,(H,22,25). The van der Waals surface area contributed by atoms with Gasteiger partial charge >= 0.3 is 0 Å². The number of fused-ring (bicyclic) bond motifs is 1. The first kappa shape index (κ1) is 18.9. The van der Waals surface area contributed by atoms with Crippen molar-refractivity contribution in [3.05, 3.63) is 38.9 Å². The van der Waals surface area contributed by atoms with Gasteiger partial charge in [0.15, 0.2) is 0 Å². The van der Waals surface area contributed by atoms with Crippen molar-refractivity contribution in [1.29, 1.82) is 0 Å². The number of halogens is 2. The lowest BCUT2D eigenvalue weighted by Gasteiger charge is -2.09. The molecular weight excluding hydrogens is 391 g/mol. The zero-order valence-electron chi connectivity index (χ0n) is 14.6. The molecule has 8 heteroatoms. The Balaban J connectivity index is 2.31. The van der Waals surface area contributed by atoms with E-state index in [1.165, 1.54) is 11.3 Å². The van der Waals surface area contributed by atoms with Crippen molar-refractivity contribution >= 4 is 56.3 Å². The molecule has 0 aliphatic heterocycles. The maximum absolute atomic E-state index is 12.1. The van der Waals surface area contributed by atoms with Gasteiger partial charge in [0.1, 0.15) is 15.5 Å². The lowest BCUT2D eigenvalue weighted by molar-refractivity contribution is 0.0968. The third kappa shape index (κ3) is 3.49. The fraction of sp³-hybridized carbons (Fsp3) is 0.278. The monoisotopic (exact) mass is 408 g/mol. The number of benzene rings is 1. The largest absolute Gasteiger partial charge is 0.397 e. The first-order valence-corrected chi connectivity index (χ1v) is 9.65. The maximum Gasteiger partial charge on any atom is 0.263 e. The number of hydrogen-bond donors (Lipinski definition) is 2. The lowest BCUT2D eigenvalue weighted by atomic mass is 10.1. The molecule has 3 aromatic rings. The highest BCUT2D eigenvalue weighted by molar-refractivity contribution is 7.21. The number of anilines is 1. The number of hydrogen-bond acceptors (Lipinski definition) is 5. The van der Waals surface area contributed by atoms with Crippen LogP contribution >= 0.6 is 34.5 Å². The molecule has 0 bridgehead atoms. The Hall–Kier alpha value is -1.89. The predicted molar refractivity (Wildman–Crippen MR) is 109 cm³/mol. The molecule has 0 fully saturated rings. The minimum atomic E-state index is -0.240. The number of nitrogens with two attached hydrogens (primary N) is 1. The molecule has 0 saturated heterocycles. The quantitative estimate of drug-likeness (QED) is 0.648. The fourth-order valence-corrected chi connectivity index (χ4v) is 4.02. The molecule has 2 heterocycles. The van der Waals surface area contributed by atoms with Gasteiger partial charge in [0.25, 0.3) is 5.91 Å². The van der Waals surface area contributed by atoms with Crippen LogP contribution in [0.5, 0.6) is 0 Å². The van der Waals surface area contributed by atoms with E-state index in [-0.39, 0.29) is 5.91 Å². The van der Waals surface area contributed by atoms with Gasteiger partial charge in [-0.3, -0.25) is 4.79 Å². The Morgan fingerprint density at radius 2 is 2.00 bits per heavy atom. The normalized spacial score (nSPS) is 11.3. The fourth-order valence-electron chi connectivity index (χ4n) is 2.66. The van der Waals surface area contributed by atoms with E-state index < -0.39 is 0 Å². The van der Waals surface area contributed by atoms with Crippen LogP contribution < -0.4 is 11.1 Å². The topological polar surface area (TPSA) is 80.9 Å². The Kier molecular flexibility index (Phi) is 5.37. The van der Waals surface area contributed by atoms with Gasteiger partial charge in [-0.2, -0.15) is 0 Å². The summed E-state index contributed by atoms with van der Waals surface area (Å²) in [7, 11) is 1.57. The summed E-state index contributed by atoms with van der Waals surface area (Å²) in [6.45, 7) is 4.20. The van der Waals surface area contributed by atoms with Crippen molar-refractivity contribution in [3.63, 3.8) is 0 Å². The second kappa shape index (κ2) is 7.39. The van der Waals surface area contributed by atoms with E-state index in [0.29, 0.717) is 48.3 Å². The zero-order valence-corrected chi connectivity index (χ0v) is 16.9. The van der Waals surface area contributed by atoms with Crippen molar-refractivity contribution in [2.75, 3.05) is 12.8 Å². The van der Waals surface area contributed by atoms with Crippen molar-refractivity contribution < 1.29 is 4.79 Å². The summed E-state index contributed by atoms with van der Waals surface area (Å²) in [5.41, 5.74) is 8.10. The predicted octanol–water partition coefficient (Wildman–Crippen LogP) is 4.81. The Labute approximate surface area is 165 Å². The van der Waals surface area contributed by atoms with Gasteiger partial charge in [0, 0.05) is 19.0 Å². The summed E-state index contributed by atoms with van der Waals surface area (Å²) in [4.78, 5) is 22.6. The Bertz CT molecular complexity index is 1000. The SMILES string of the molecule is CNC(=O)c1sc2nc(CC(C)C)nc(-c3ccc(Cl)c(Cl)c3)c2c1N. The number of amides is 1. The second-order valence-corrected chi connectivity index (χ2v) is 8.13. The van der Waals surface area contributed by atoms with Crippen molar-refractivity contribution in [1.82, 2.24) is 15.3 Å². The van der Waals surface area contributed by atoms with Gasteiger partial charge in [0.2, 0.25) is 0 Å². The molecule has 2 aromatic heterocycles. The van der Waals surface area contributed by atoms with Gasteiger partial charge in [0.05, 0.1) is 26.8 Å². The van der Waals surface area contributed by atoms with Crippen LogP contribution in [0.25, 0.3) is 21.5 Å². The first-order valence-electron chi connectivity index (χ1n) is 8.08. The van der Waals surface area contributed by atoms with Crippen molar-refractivity contribution in [2.24, 2.45) is 5.92 Å². The lowest BCUT2D eigenvalue weighted by Crippen LogP contribution is -2.17. The van der Waals surface area contributed by atoms with Crippen LogP contribution in [0.1, 0.15) is 29.3 Å². The molecule has 3 N–H and O–H groups in total. The smallest absolute Gasteiger partial charge is 0.263 e. The van der Waals surface area contributed by atoms with E-state index in [1.54, 1.807) is 19.2 Å². The van der Waals surface area contributed by atoms with Gasteiger partial charge in [-0.15, -0.1) is 11.3 Å². The summed E-state index contributed by atoms with van der Waals surface area (Å²) >= 11 is 13.5. The van der Waals surface area contributed by atoms with Crippen LogP contribution in [-0.4, -0.2) is 22.9 Å². The minimum absolute atomic E-state index is 0.240. The van der Waals surface area contributed by atoms with Crippen LogP contribution in [-0.2, 0) is 6.42 Å². The van der Waals surface area contributed by atoms with Crippen molar-refractivity contribution in [2.45, 2.75) is 20.3 Å². The number of nitrogen functional groups attached to an aromatic ring is 1. The summed E-state index contributed by atoms with van der Waals surface area (Å²) in [5, 5.41) is 4.17. The number of carbonyl (C=O) groups is 1. The van der Waals surface area contributed by atoms with Gasteiger partial charge < -0.3 is 11.1 Å². The Morgan fingerprint density at radius 3 is 2.62 bits per heavy atom. The average molecular weight is 409 g/mol. The maximum atomic E-state index is 12.1. The van der Waals surface area contributed by atoms with Gasteiger partial charge in [-0.25, -0.2) is 9.97 Å². The zero-order chi connectivity index (χ0) is 19.0. The second-order valence-electron chi connectivity index (χ2n) is 6.32.